The van der Waals surface area contributed by atoms with E-state index >= 15 is 0 Å². The van der Waals surface area contributed by atoms with E-state index in [-0.39, 0.29) is 0 Å². The van der Waals surface area contributed by atoms with E-state index in [9.17, 15) is 13.2 Å². The van der Waals surface area contributed by atoms with Gasteiger partial charge in [-0.25, -0.2) is 8.42 Å². The lowest BCUT2D eigenvalue weighted by atomic mass is 10.1. The zero-order valence-electron chi connectivity index (χ0n) is 13.2. The predicted molar refractivity (Wildman–Crippen MR) is 88.8 cm³/mol. The summed E-state index contributed by atoms with van der Waals surface area (Å²) in [6.07, 6.45) is 2.15. The third-order valence-electron chi connectivity index (χ3n) is 4.15. The SMILES string of the molecule is CCc1ccc(NC(=O)CS(=O)(=O)C2CCN(C)CC2)cc1. The van der Waals surface area contributed by atoms with Crippen molar-refractivity contribution in [2.75, 3.05) is 31.2 Å². The Balaban J connectivity index is 1.92. The molecule has 0 aromatic heterocycles. The van der Waals surface area contributed by atoms with Crippen LogP contribution in [0.5, 0.6) is 0 Å². The number of benzene rings is 1. The lowest BCUT2D eigenvalue weighted by molar-refractivity contribution is -0.113. The minimum absolute atomic E-state index is 0.392. The second-order valence-electron chi connectivity index (χ2n) is 5.91. The topological polar surface area (TPSA) is 66.5 Å². The van der Waals surface area contributed by atoms with Gasteiger partial charge < -0.3 is 10.2 Å². The van der Waals surface area contributed by atoms with Crippen LogP contribution in [0.25, 0.3) is 0 Å². The van der Waals surface area contributed by atoms with Gasteiger partial charge in [-0.1, -0.05) is 19.1 Å². The minimum atomic E-state index is -3.38. The van der Waals surface area contributed by atoms with Crippen LogP contribution in [-0.4, -0.2) is 50.4 Å². The van der Waals surface area contributed by atoms with Crippen LogP contribution >= 0.6 is 0 Å². The van der Waals surface area contributed by atoms with Gasteiger partial charge in [-0.05, 0) is 57.1 Å². The highest BCUT2D eigenvalue weighted by molar-refractivity contribution is 7.92. The maximum absolute atomic E-state index is 12.3. The van der Waals surface area contributed by atoms with Gasteiger partial charge in [0.1, 0.15) is 5.75 Å². The molecule has 122 valence electrons. The highest BCUT2D eigenvalue weighted by Gasteiger charge is 2.30. The summed E-state index contributed by atoms with van der Waals surface area (Å²) in [5.41, 5.74) is 1.82. The molecule has 1 amide bonds. The lowest BCUT2D eigenvalue weighted by Gasteiger charge is -2.28. The predicted octanol–water partition coefficient (Wildman–Crippen LogP) is 1.70. The Morgan fingerprint density at radius 1 is 1.23 bits per heavy atom. The average molecular weight is 324 g/mol. The van der Waals surface area contributed by atoms with E-state index < -0.39 is 26.7 Å². The number of amides is 1. The molecule has 0 bridgehead atoms. The van der Waals surface area contributed by atoms with Gasteiger partial charge in [-0.15, -0.1) is 0 Å². The average Bonchev–Trinajstić information content (AvgIpc) is 2.48. The van der Waals surface area contributed by atoms with E-state index in [0.717, 1.165) is 19.5 Å². The van der Waals surface area contributed by atoms with Gasteiger partial charge in [-0.2, -0.15) is 0 Å². The minimum Gasteiger partial charge on any atom is -0.325 e. The molecule has 1 N–H and O–H groups in total. The number of sulfone groups is 1. The Labute approximate surface area is 132 Å². The first-order valence-electron chi connectivity index (χ1n) is 7.69. The van der Waals surface area contributed by atoms with Crippen molar-refractivity contribution in [3.63, 3.8) is 0 Å². The van der Waals surface area contributed by atoms with E-state index in [1.807, 2.05) is 19.2 Å². The second kappa shape index (κ2) is 7.24. The number of hydrogen-bond acceptors (Lipinski definition) is 4. The molecule has 0 saturated carbocycles. The molecule has 1 fully saturated rings. The number of carbonyl (C=O) groups is 1. The summed E-state index contributed by atoms with van der Waals surface area (Å²) in [6, 6.07) is 7.47. The lowest BCUT2D eigenvalue weighted by Crippen LogP contribution is -2.39. The maximum Gasteiger partial charge on any atom is 0.239 e. The molecule has 1 aromatic rings. The summed E-state index contributed by atoms with van der Waals surface area (Å²) in [5.74, 6) is -0.889. The van der Waals surface area contributed by atoms with Crippen LogP contribution in [-0.2, 0) is 21.1 Å². The molecule has 6 heteroatoms. The molecule has 0 spiro atoms. The number of anilines is 1. The molecule has 22 heavy (non-hydrogen) atoms. The summed E-state index contributed by atoms with van der Waals surface area (Å²) in [4.78, 5) is 14.1. The Hall–Kier alpha value is -1.40. The van der Waals surface area contributed by atoms with Crippen molar-refractivity contribution in [1.82, 2.24) is 4.90 Å². The van der Waals surface area contributed by atoms with Gasteiger partial charge in [0, 0.05) is 5.69 Å². The number of piperidine rings is 1. The van der Waals surface area contributed by atoms with E-state index in [4.69, 9.17) is 0 Å². The summed E-state index contributed by atoms with van der Waals surface area (Å²) in [5, 5.41) is 2.28. The molecule has 1 aliphatic rings. The summed E-state index contributed by atoms with van der Waals surface area (Å²) in [7, 11) is -1.40. The number of rotatable bonds is 5. The maximum atomic E-state index is 12.3. The molecule has 1 heterocycles. The highest BCUT2D eigenvalue weighted by atomic mass is 32.2. The fourth-order valence-corrected chi connectivity index (χ4v) is 4.27. The Morgan fingerprint density at radius 2 is 1.82 bits per heavy atom. The third-order valence-corrected chi connectivity index (χ3v) is 6.30. The van der Waals surface area contributed by atoms with Crippen molar-refractivity contribution >= 4 is 21.4 Å². The zero-order chi connectivity index (χ0) is 16.2. The number of carbonyl (C=O) groups excluding carboxylic acids is 1. The molecule has 2 rings (SSSR count). The van der Waals surface area contributed by atoms with Crippen molar-refractivity contribution < 1.29 is 13.2 Å². The number of likely N-dealkylation sites (tertiary alicyclic amines) is 1. The molecular weight excluding hydrogens is 300 g/mol. The van der Waals surface area contributed by atoms with E-state index in [1.165, 1.54) is 5.56 Å². The molecule has 1 aromatic carbocycles. The third kappa shape index (κ3) is 4.55. The summed E-state index contributed by atoms with van der Waals surface area (Å²) >= 11 is 0. The van der Waals surface area contributed by atoms with Crippen LogP contribution in [0.4, 0.5) is 5.69 Å². The second-order valence-corrected chi connectivity index (χ2v) is 8.19. The van der Waals surface area contributed by atoms with Crippen molar-refractivity contribution in [2.24, 2.45) is 0 Å². The first kappa shape index (κ1) is 17.0. The van der Waals surface area contributed by atoms with E-state index in [1.54, 1.807) is 12.1 Å². The van der Waals surface area contributed by atoms with E-state index in [2.05, 4.69) is 17.1 Å². The van der Waals surface area contributed by atoms with Gasteiger partial charge in [0.15, 0.2) is 9.84 Å². The van der Waals surface area contributed by atoms with Gasteiger partial charge in [0.2, 0.25) is 5.91 Å². The molecule has 5 nitrogen and oxygen atoms in total. The molecule has 0 radical (unpaired) electrons. The van der Waals surface area contributed by atoms with Gasteiger partial charge in [0.05, 0.1) is 5.25 Å². The smallest absolute Gasteiger partial charge is 0.239 e. The summed E-state index contributed by atoms with van der Waals surface area (Å²) in [6.45, 7) is 3.59. The van der Waals surface area contributed by atoms with Crippen LogP contribution in [0.3, 0.4) is 0 Å². The first-order chi connectivity index (χ1) is 10.4. The number of aryl methyl sites for hydroxylation is 1. The van der Waals surface area contributed by atoms with Crippen molar-refractivity contribution in [3.8, 4) is 0 Å². The van der Waals surface area contributed by atoms with Gasteiger partial charge in [0.25, 0.3) is 0 Å². The Bertz CT molecular complexity index is 603. The van der Waals surface area contributed by atoms with Crippen LogP contribution < -0.4 is 5.32 Å². The Morgan fingerprint density at radius 3 is 2.36 bits per heavy atom. The van der Waals surface area contributed by atoms with Crippen LogP contribution in [0.15, 0.2) is 24.3 Å². The number of hydrogen-bond donors (Lipinski definition) is 1. The molecule has 0 unspecified atom stereocenters. The van der Waals surface area contributed by atoms with Crippen molar-refractivity contribution in [1.29, 1.82) is 0 Å². The highest BCUT2D eigenvalue weighted by Crippen LogP contribution is 2.18. The van der Waals surface area contributed by atoms with Gasteiger partial charge >= 0.3 is 0 Å². The first-order valence-corrected chi connectivity index (χ1v) is 9.41. The number of nitrogens with zero attached hydrogens (tertiary/aromatic N) is 1. The molecule has 0 atom stereocenters. The Kier molecular flexibility index (Phi) is 5.58. The normalized spacial score (nSPS) is 17.4. The molecule has 1 saturated heterocycles. The molecule has 1 aliphatic heterocycles. The largest absolute Gasteiger partial charge is 0.325 e. The molecular formula is C16H24N2O3S. The summed E-state index contributed by atoms with van der Waals surface area (Å²) < 4.78 is 24.6. The molecule has 0 aliphatic carbocycles. The monoisotopic (exact) mass is 324 g/mol. The fraction of sp³-hybridized carbons (Fsp3) is 0.562. The quantitative estimate of drug-likeness (QED) is 0.895. The van der Waals surface area contributed by atoms with Crippen molar-refractivity contribution in [3.05, 3.63) is 29.8 Å². The van der Waals surface area contributed by atoms with Gasteiger partial charge in [-0.3, -0.25) is 4.79 Å². The van der Waals surface area contributed by atoms with Crippen LogP contribution in [0, 0.1) is 0 Å². The number of nitrogens with one attached hydrogen (secondary N) is 1. The van der Waals surface area contributed by atoms with Crippen LogP contribution in [0.1, 0.15) is 25.3 Å². The van der Waals surface area contributed by atoms with E-state index in [0.29, 0.717) is 18.5 Å². The standard InChI is InChI=1S/C16H24N2O3S/c1-3-13-4-6-14(7-5-13)17-16(19)12-22(20,21)15-8-10-18(2)11-9-15/h4-7,15H,3,8-12H2,1-2H3,(H,17,19). The van der Waals surface area contributed by atoms with Crippen molar-refractivity contribution in [2.45, 2.75) is 31.4 Å². The van der Waals surface area contributed by atoms with Crippen LogP contribution in [0.2, 0.25) is 0 Å². The fourth-order valence-electron chi connectivity index (χ4n) is 2.67. The zero-order valence-corrected chi connectivity index (χ0v) is 14.0.